The Morgan fingerprint density at radius 3 is 2.38 bits per heavy atom. The van der Waals surface area contributed by atoms with Gasteiger partial charge in [0, 0.05) is 31.7 Å². The molecule has 2 amide bonds. The smallest absolute Gasteiger partial charge is 0.245 e. The Labute approximate surface area is 126 Å². The predicted molar refractivity (Wildman–Crippen MR) is 78.5 cm³/mol. The Bertz CT molecular complexity index is 408. The molecule has 5 heteroatoms. The van der Waals surface area contributed by atoms with Gasteiger partial charge in [-0.1, -0.05) is 0 Å². The van der Waals surface area contributed by atoms with E-state index in [1.165, 1.54) is 0 Å². The maximum absolute atomic E-state index is 12.8. The van der Waals surface area contributed by atoms with Crippen LogP contribution >= 0.6 is 0 Å². The number of aliphatic hydroxyl groups is 1. The van der Waals surface area contributed by atoms with Crippen molar-refractivity contribution in [1.82, 2.24) is 9.80 Å². The molecule has 2 heterocycles. The molecular formula is C16H26N2O3. The zero-order valence-electron chi connectivity index (χ0n) is 12.7. The van der Waals surface area contributed by atoms with E-state index in [4.69, 9.17) is 5.11 Å². The van der Waals surface area contributed by atoms with Crippen LogP contribution in [-0.4, -0.2) is 58.5 Å². The molecule has 5 nitrogen and oxygen atoms in total. The Kier molecular flexibility index (Phi) is 4.48. The van der Waals surface area contributed by atoms with Crippen LogP contribution in [0, 0.1) is 5.92 Å². The van der Waals surface area contributed by atoms with Crippen molar-refractivity contribution >= 4 is 11.8 Å². The molecule has 0 bridgehead atoms. The van der Waals surface area contributed by atoms with E-state index in [0.717, 1.165) is 64.5 Å². The highest BCUT2D eigenvalue weighted by Crippen LogP contribution is 2.34. The number of rotatable bonds is 5. The highest BCUT2D eigenvalue weighted by Gasteiger charge is 2.43. The Balaban J connectivity index is 1.64. The lowest BCUT2D eigenvalue weighted by Crippen LogP contribution is -2.49. The molecule has 2 aliphatic heterocycles. The minimum atomic E-state index is -0.215. The van der Waals surface area contributed by atoms with Gasteiger partial charge in [-0.2, -0.15) is 0 Å². The normalized spacial score (nSPS) is 29.2. The van der Waals surface area contributed by atoms with Crippen molar-refractivity contribution in [2.75, 3.05) is 19.7 Å². The fraction of sp³-hybridized carbons (Fsp3) is 0.875. The fourth-order valence-corrected chi connectivity index (χ4v) is 3.80. The molecule has 3 rings (SSSR count). The van der Waals surface area contributed by atoms with E-state index in [-0.39, 0.29) is 36.4 Å². The van der Waals surface area contributed by atoms with Crippen LogP contribution in [-0.2, 0) is 9.59 Å². The largest absolute Gasteiger partial charge is 0.396 e. The molecule has 1 N–H and O–H groups in total. The third kappa shape index (κ3) is 3.07. The molecule has 0 spiro atoms. The van der Waals surface area contributed by atoms with Crippen LogP contribution in [0.15, 0.2) is 0 Å². The summed E-state index contributed by atoms with van der Waals surface area (Å²) in [5.41, 5.74) is 0. The zero-order chi connectivity index (χ0) is 14.8. The van der Waals surface area contributed by atoms with Crippen molar-refractivity contribution in [1.29, 1.82) is 0 Å². The SMILES string of the molecule is O=C(C1CCCN1C(=O)C1CC1)N1CCCC1CCCO. The lowest BCUT2D eigenvalue weighted by Gasteiger charge is -2.31. The molecule has 2 atom stereocenters. The molecule has 0 radical (unpaired) electrons. The maximum Gasteiger partial charge on any atom is 0.245 e. The van der Waals surface area contributed by atoms with Crippen LogP contribution in [0.3, 0.4) is 0 Å². The number of nitrogens with zero attached hydrogens (tertiary/aromatic N) is 2. The molecule has 3 aliphatic rings. The minimum absolute atomic E-state index is 0.155. The number of hydrogen-bond donors (Lipinski definition) is 1. The summed E-state index contributed by atoms with van der Waals surface area (Å²) in [6, 6.07) is 0.0518. The second-order valence-electron chi connectivity index (χ2n) is 6.66. The summed E-state index contributed by atoms with van der Waals surface area (Å²) in [6.45, 7) is 1.76. The standard InChI is InChI=1S/C16H26N2O3/c19-11-3-5-13-4-1-9-17(13)16(21)14-6-2-10-18(14)15(20)12-7-8-12/h12-14,19H,1-11H2. The molecular weight excluding hydrogens is 268 g/mol. The minimum Gasteiger partial charge on any atom is -0.396 e. The lowest BCUT2D eigenvalue weighted by atomic mass is 10.1. The summed E-state index contributed by atoms with van der Waals surface area (Å²) in [6.07, 6.45) is 7.48. The number of carbonyl (C=O) groups excluding carboxylic acids is 2. The van der Waals surface area contributed by atoms with E-state index < -0.39 is 0 Å². The second-order valence-corrected chi connectivity index (χ2v) is 6.66. The van der Waals surface area contributed by atoms with Crippen molar-refractivity contribution in [3.8, 4) is 0 Å². The first-order valence-electron chi connectivity index (χ1n) is 8.44. The second kappa shape index (κ2) is 6.34. The van der Waals surface area contributed by atoms with Gasteiger partial charge in [-0.3, -0.25) is 9.59 Å². The Morgan fingerprint density at radius 1 is 0.952 bits per heavy atom. The molecule has 2 unspecified atom stereocenters. The molecule has 2 saturated heterocycles. The average Bonchev–Trinajstić information content (AvgIpc) is 3.04. The van der Waals surface area contributed by atoms with E-state index in [1.54, 1.807) is 0 Å². The van der Waals surface area contributed by atoms with Crippen molar-refractivity contribution in [3.05, 3.63) is 0 Å². The van der Waals surface area contributed by atoms with Gasteiger partial charge in [0.05, 0.1) is 0 Å². The summed E-state index contributed by atoms with van der Waals surface area (Å²) >= 11 is 0. The monoisotopic (exact) mass is 294 g/mol. The van der Waals surface area contributed by atoms with Gasteiger partial charge in [-0.05, 0) is 51.4 Å². The van der Waals surface area contributed by atoms with Gasteiger partial charge in [0.1, 0.15) is 6.04 Å². The number of hydrogen-bond acceptors (Lipinski definition) is 3. The van der Waals surface area contributed by atoms with Crippen LogP contribution in [0.25, 0.3) is 0 Å². The van der Waals surface area contributed by atoms with Crippen LogP contribution in [0.2, 0.25) is 0 Å². The maximum atomic E-state index is 12.8. The Hall–Kier alpha value is -1.10. The first-order chi connectivity index (χ1) is 10.2. The van der Waals surface area contributed by atoms with Gasteiger partial charge in [-0.25, -0.2) is 0 Å². The summed E-state index contributed by atoms with van der Waals surface area (Å²) in [4.78, 5) is 29.0. The third-order valence-electron chi connectivity index (χ3n) is 5.10. The van der Waals surface area contributed by atoms with Crippen LogP contribution in [0.1, 0.15) is 51.4 Å². The quantitative estimate of drug-likeness (QED) is 0.827. The summed E-state index contributed by atoms with van der Waals surface area (Å²) < 4.78 is 0. The number of likely N-dealkylation sites (tertiary alicyclic amines) is 2. The van der Waals surface area contributed by atoms with E-state index >= 15 is 0 Å². The molecule has 1 aliphatic carbocycles. The first-order valence-corrected chi connectivity index (χ1v) is 8.44. The van der Waals surface area contributed by atoms with Crippen molar-refractivity contribution in [2.24, 2.45) is 5.92 Å². The average molecular weight is 294 g/mol. The van der Waals surface area contributed by atoms with Gasteiger partial charge in [0.15, 0.2) is 0 Å². The molecule has 21 heavy (non-hydrogen) atoms. The number of carbonyl (C=O) groups is 2. The van der Waals surface area contributed by atoms with Gasteiger partial charge in [0.2, 0.25) is 11.8 Å². The summed E-state index contributed by atoms with van der Waals surface area (Å²) in [7, 11) is 0. The fourth-order valence-electron chi connectivity index (χ4n) is 3.80. The number of aliphatic hydroxyl groups excluding tert-OH is 1. The molecule has 3 fully saturated rings. The Morgan fingerprint density at radius 2 is 1.67 bits per heavy atom. The lowest BCUT2D eigenvalue weighted by molar-refractivity contribution is -0.145. The van der Waals surface area contributed by atoms with E-state index in [9.17, 15) is 9.59 Å². The van der Waals surface area contributed by atoms with Crippen molar-refractivity contribution < 1.29 is 14.7 Å². The van der Waals surface area contributed by atoms with Crippen LogP contribution in [0.4, 0.5) is 0 Å². The molecule has 118 valence electrons. The van der Waals surface area contributed by atoms with Crippen LogP contribution < -0.4 is 0 Å². The highest BCUT2D eigenvalue weighted by atomic mass is 16.3. The summed E-state index contributed by atoms with van der Waals surface area (Å²) in [5.74, 6) is 0.557. The van der Waals surface area contributed by atoms with Gasteiger partial charge >= 0.3 is 0 Å². The third-order valence-corrected chi connectivity index (χ3v) is 5.10. The predicted octanol–water partition coefficient (Wildman–Crippen LogP) is 1.15. The van der Waals surface area contributed by atoms with E-state index in [1.807, 2.05) is 9.80 Å². The topological polar surface area (TPSA) is 60.9 Å². The van der Waals surface area contributed by atoms with E-state index in [0.29, 0.717) is 0 Å². The van der Waals surface area contributed by atoms with E-state index in [2.05, 4.69) is 0 Å². The highest BCUT2D eigenvalue weighted by molar-refractivity contribution is 5.90. The van der Waals surface area contributed by atoms with Gasteiger partial charge in [0.25, 0.3) is 0 Å². The van der Waals surface area contributed by atoms with Gasteiger partial charge < -0.3 is 14.9 Å². The first kappa shape index (κ1) is 14.8. The zero-order valence-corrected chi connectivity index (χ0v) is 12.7. The number of amides is 2. The molecule has 0 aromatic heterocycles. The summed E-state index contributed by atoms with van der Waals surface area (Å²) in [5, 5.41) is 8.99. The molecule has 0 aromatic carbocycles. The van der Waals surface area contributed by atoms with Crippen molar-refractivity contribution in [2.45, 2.75) is 63.5 Å². The van der Waals surface area contributed by atoms with Crippen molar-refractivity contribution in [3.63, 3.8) is 0 Å². The van der Waals surface area contributed by atoms with Crippen LogP contribution in [0.5, 0.6) is 0 Å². The molecule has 1 saturated carbocycles. The van der Waals surface area contributed by atoms with Gasteiger partial charge in [-0.15, -0.1) is 0 Å². The molecule has 0 aromatic rings.